The Balaban J connectivity index is 2.13. The lowest BCUT2D eigenvalue weighted by atomic mass is 10.1. The highest BCUT2D eigenvalue weighted by Crippen LogP contribution is 2.13. The zero-order valence-electron chi connectivity index (χ0n) is 14.9. The highest BCUT2D eigenvalue weighted by molar-refractivity contribution is 6.30. The van der Waals surface area contributed by atoms with Gasteiger partial charge in [0.25, 0.3) is 0 Å². The van der Waals surface area contributed by atoms with Crippen molar-refractivity contribution in [2.45, 2.75) is 13.5 Å². The van der Waals surface area contributed by atoms with Crippen LogP contribution >= 0.6 is 11.6 Å². The summed E-state index contributed by atoms with van der Waals surface area (Å²) in [6.07, 6.45) is 3.25. The Bertz CT molecular complexity index is 757. The van der Waals surface area contributed by atoms with Crippen LogP contribution in [0.4, 0.5) is 0 Å². The fourth-order valence-corrected chi connectivity index (χ4v) is 2.62. The highest BCUT2D eigenvalue weighted by atomic mass is 35.5. The summed E-state index contributed by atoms with van der Waals surface area (Å²) >= 11 is 5.87. The quantitative estimate of drug-likeness (QED) is 0.541. The zero-order chi connectivity index (χ0) is 18.9. The van der Waals surface area contributed by atoms with E-state index in [1.807, 2.05) is 42.5 Å². The molecular formula is C21H22ClNO3. The standard InChI is InChI=1S/C21H22ClNO3/c1-16(21(25)26-2)14-23(15-18-6-4-3-5-7-18)20(24)13-10-17-8-11-19(22)12-9-17/h3-13,16H,14-15H2,1-2H3/b13-10+. The second kappa shape index (κ2) is 9.78. The first-order valence-corrected chi connectivity index (χ1v) is 8.71. The van der Waals surface area contributed by atoms with E-state index in [1.54, 1.807) is 30.0 Å². The highest BCUT2D eigenvalue weighted by Gasteiger charge is 2.20. The van der Waals surface area contributed by atoms with Crippen molar-refractivity contribution in [1.29, 1.82) is 0 Å². The van der Waals surface area contributed by atoms with E-state index in [-0.39, 0.29) is 18.4 Å². The van der Waals surface area contributed by atoms with Crippen LogP contribution in [0.25, 0.3) is 6.08 Å². The minimum absolute atomic E-state index is 0.167. The molecule has 0 heterocycles. The molecule has 1 amide bonds. The maximum atomic E-state index is 12.7. The van der Waals surface area contributed by atoms with E-state index < -0.39 is 5.92 Å². The molecule has 26 heavy (non-hydrogen) atoms. The summed E-state index contributed by atoms with van der Waals surface area (Å²) in [4.78, 5) is 26.1. The smallest absolute Gasteiger partial charge is 0.310 e. The molecular weight excluding hydrogens is 350 g/mol. The minimum atomic E-state index is -0.406. The number of ether oxygens (including phenoxy) is 1. The third kappa shape index (κ3) is 6.05. The third-order valence-electron chi connectivity index (χ3n) is 3.91. The van der Waals surface area contributed by atoms with E-state index >= 15 is 0 Å². The summed E-state index contributed by atoms with van der Waals surface area (Å²) < 4.78 is 4.78. The Morgan fingerprint density at radius 2 is 1.77 bits per heavy atom. The van der Waals surface area contributed by atoms with E-state index in [4.69, 9.17) is 16.3 Å². The molecule has 0 aromatic heterocycles. The molecule has 0 radical (unpaired) electrons. The number of esters is 1. The van der Waals surface area contributed by atoms with Crippen molar-refractivity contribution in [2.24, 2.45) is 5.92 Å². The first-order chi connectivity index (χ1) is 12.5. The molecule has 5 heteroatoms. The Kier molecular flexibility index (Phi) is 7.42. The summed E-state index contributed by atoms with van der Waals surface area (Å²) in [5.41, 5.74) is 1.88. The summed E-state index contributed by atoms with van der Waals surface area (Å²) in [6.45, 7) is 2.46. The average Bonchev–Trinajstić information content (AvgIpc) is 2.66. The van der Waals surface area contributed by atoms with Crippen LogP contribution < -0.4 is 0 Å². The van der Waals surface area contributed by atoms with Crippen LogP contribution in [0.3, 0.4) is 0 Å². The molecule has 2 rings (SSSR count). The Hall–Kier alpha value is -2.59. The largest absolute Gasteiger partial charge is 0.469 e. The molecule has 0 aliphatic heterocycles. The number of methoxy groups -OCH3 is 1. The number of amides is 1. The maximum Gasteiger partial charge on any atom is 0.310 e. The summed E-state index contributed by atoms with van der Waals surface area (Å²) in [6, 6.07) is 16.9. The number of nitrogens with zero attached hydrogens (tertiary/aromatic N) is 1. The van der Waals surface area contributed by atoms with Gasteiger partial charge in [-0.25, -0.2) is 0 Å². The Morgan fingerprint density at radius 3 is 2.38 bits per heavy atom. The molecule has 0 aliphatic rings. The fraction of sp³-hybridized carbons (Fsp3) is 0.238. The second-order valence-electron chi connectivity index (χ2n) is 6.01. The molecule has 0 bridgehead atoms. The van der Waals surface area contributed by atoms with Gasteiger partial charge in [-0.15, -0.1) is 0 Å². The molecule has 2 aromatic carbocycles. The number of carbonyl (C=O) groups is 2. The number of benzene rings is 2. The summed E-state index contributed by atoms with van der Waals surface area (Å²) in [5, 5.41) is 0.645. The van der Waals surface area contributed by atoms with E-state index in [1.165, 1.54) is 13.2 Å². The lowest BCUT2D eigenvalue weighted by molar-refractivity contribution is -0.146. The molecule has 1 atom stereocenters. The molecule has 0 spiro atoms. The van der Waals surface area contributed by atoms with Gasteiger partial charge in [-0.3, -0.25) is 9.59 Å². The van der Waals surface area contributed by atoms with Gasteiger partial charge in [0.15, 0.2) is 0 Å². The van der Waals surface area contributed by atoms with E-state index in [9.17, 15) is 9.59 Å². The minimum Gasteiger partial charge on any atom is -0.469 e. The van der Waals surface area contributed by atoms with Gasteiger partial charge >= 0.3 is 5.97 Å². The average molecular weight is 372 g/mol. The van der Waals surface area contributed by atoms with Crippen molar-refractivity contribution in [3.8, 4) is 0 Å². The van der Waals surface area contributed by atoms with Crippen molar-refractivity contribution in [3.63, 3.8) is 0 Å². The topological polar surface area (TPSA) is 46.6 Å². The lowest BCUT2D eigenvalue weighted by Gasteiger charge is -2.24. The maximum absolute atomic E-state index is 12.7. The molecule has 136 valence electrons. The molecule has 0 fully saturated rings. The van der Waals surface area contributed by atoms with Gasteiger partial charge in [-0.2, -0.15) is 0 Å². The number of halogens is 1. The van der Waals surface area contributed by atoms with Crippen LogP contribution in [0.5, 0.6) is 0 Å². The predicted octanol–water partition coefficient (Wildman–Crippen LogP) is 4.19. The number of carbonyl (C=O) groups excluding carboxylic acids is 2. The van der Waals surface area contributed by atoms with Gasteiger partial charge in [0.1, 0.15) is 0 Å². The monoisotopic (exact) mass is 371 g/mol. The van der Waals surface area contributed by atoms with Gasteiger partial charge in [-0.05, 0) is 29.3 Å². The van der Waals surface area contributed by atoms with Gasteiger partial charge < -0.3 is 9.64 Å². The first-order valence-electron chi connectivity index (χ1n) is 8.34. The van der Waals surface area contributed by atoms with Crippen molar-refractivity contribution in [2.75, 3.05) is 13.7 Å². The molecule has 0 saturated heterocycles. The van der Waals surface area contributed by atoms with Gasteiger partial charge in [0.2, 0.25) is 5.91 Å². The molecule has 4 nitrogen and oxygen atoms in total. The van der Waals surface area contributed by atoms with E-state index in [2.05, 4.69) is 0 Å². The van der Waals surface area contributed by atoms with Crippen LogP contribution in [-0.2, 0) is 20.9 Å². The number of hydrogen-bond acceptors (Lipinski definition) is 3. The van der Waals surface area contributed by atoms with Crippen molar-refractivity contribution < 1.29 is 14.3 Å². The van der Waals surface area contributed by atoms with Crippen molar-refractivity contribution in [1.82, 2.24) is 4.90 Å². The normalized spacial score (nSPS) is 12.0. The molecule has 0 aliphatic carbocycles. The summed E-state index contributed by atoms with van der Waals surface area (Å²) in [5.74, 6) is -0.909. The van der Waals surface area contributed by atoms with E-state index in [0.29, 0.717) is 11.6 Å². The Morgan fingerprint density at radius 1 is 1.12 bits per heavy atom. The SMILES string of the molecule is COC(=O)C(C)CN(Cc1ccccc1)C(=O)/C=C/c1ccc(Cl)cc1. The third-order valence-corrected chi connectivity index (χ3v) is 4.17. The van der Waals surface area contributed by atoms with Gasteiger partial charge in [0, 0.05) is 24.2 Å². The lowest BCUT2D eigenvalue weighted by Crippen LogP contribution is -2.35. The molecule has 1 unspecified atom stereocenters. The Labute approximate surface area is 159 Å². The first kappa shape index (κ1) is 19.7. The molecule has 0 N–H and O–H groups in total. The predicted molar refractivity (Wildman–Crippen MR) is 104 cm³/mol. The molecule has 2 aromatic rings. The number of rotatable bonds is 7. The van der Waals surface area contributed by atoms with Gasteiger partial charge in [-0.1, -0.05) is 61.0 Å². The summed E-state index contributed by atoms with van der Waals surface area (Å²) in [7, 11) is 1.35. The second-order valence-corrected chi connectivity index (χ2v) is 6.45. The van der Waals surface area contributed by atoms with Crippen LogP contribution in [0.1, 0.15) is 18.1 Å². The van der Waals surface area contributed by atoms with Crippen LogP contribution in [0.2, 0.25) is 5.02 Å². The zero-order valence-corrected chi connectivity index (χ0v) is 15.6. The number of hydrogen-bond donors (Lipinski definition) is 0. The van der Waals surface area contributed by atoms with Crippen molar-refractivity contribution >= 4 is 29.6 Å². The molecule has 0 saturated carbocycles. The van der Waals surface area contributed by atoms with Crippen molar-refractivity contribution in [3.05, 3.63) is 76.8 Å². The fourth-order valence-electron chi connectivity index (χ4n) is 2.49. The van der Waals surface area contributed by atoms with Crippen LogP contribution in [0, 0.1) is 5.92 Å². The van der Waals surface area contributed by atoms with Crippen LogP contribution in [-0.4, -0.2) is 30.4 Å². The van der Waals surface area contributed by atoms with Gasteiger partial charge in [0.05, 0.1) is 13.0 Å². The van der Waals surface area contributed by atoms with Crippen LogP contribution in [0.15, 0.2) is 60.7 Å². The van der Waals surface area contributed by atoms with E-state index in [0.717, 1.165) is 11.1 Å².